The normalized spacial score (nSPS) is 24.3. The van der Waals surface area contributed by atoms with E-state index >= 15 is 0 Å². The van der Waals surface area contributed by atoms with E-state index in [9.17, 15) is 8.42 Å². The van der Waals surface area contributed by atoms with E-state index in [-0.39, 0.29) is 11.8 Å². The lowest BCUT2D eigenvalue weighted by molar-refractivity contribution is 0.568. The van der Waals surface area contributed by atoms with E-state index in [1.165, 1.54) is 0 Å². The van der Waals surface area contributed by atoms with Gasteiger partial charge in [-0.3, -0.25) is 0 Å². The van der Waals surface area contributed by atoms with E-state index in [2.05, 4.69) is 22.6 Å². The molecule has 0 fully saturated rings. The molecule has 1 aromatic carbocycles. The smallest absolute Gasteiger partial charge is 0.178 e. The van der Waals surface area contributed by atoms with Crippen molar-refractivity contribution in [2.75, 3.05) is 5.75 Å². The zero-order valence-electron chi connectivity index (χ0n) is 7.40. The summed E-state index contributed by atoms with van der Waals surface area (Å²) in [7, 11) is -3.08. The molecule has 0 aliphatic carbocycles. The van der Waals surface area contributed by atoms with Gasteiger partial charge in [0.05, 0.1) is 10.6 Å². The molecule has 0 spiro atoms. The summed E-state index contributed by atoms with van der Waals surface area (Å²) >= 11 is 2.10. The second-order valence-corrected chi connectivity index (χ2v) is 6.72. The monoisotopic (exact) mass is 323 g/mol. The molecule has 3 nitrogen and oxygen atoms in total. The summed E-state index contributed by atoms with van der Waals surface area (Å²) in [5, 5.41) is 0. The van der Waals surface area contributed by atoms with Crippen LogP contribution in [0.1, 0.15) is 18.0 Å². The third-order valence-corrected chi connectivity index (χ3v) is 4.88. The van der Waals surface area contributed by atoms with Crippen molar-refractivity contribution < 1.29 is 8.42 Å². The Hall–Kier alpha value is -0.140. The van der Waals surface area contributed by atoms with Crippen LogP contribution in [0.3, 0.4) is 0 Å². The largest absolute Gasteiger partial charge is 0.324 e. The van der Waals surface area contributed by atoms with Gasteiger partial charge in [0.15, 0.2) is 9.84 Å². The van der Waals surface area contributed by atoms with E-state index in [0.29, 0.717) is 11.3 Å². The van der Waals surface area contributed by atoms with Crippen LogP contribution in [0.25, 0.3) is 0 Å². The van der Waals surface area contributed by atoms with Crippen LogP contribution in [-0.2, 0) is 9.84 Å². The Morgan fingerprint density at radius 2 is 2.14 bits per heavy atom. The van der Waals surface area contributed by atoms with Crippen molar-refractivity contribution in [3.8, 4) is 0 Å². The van der Waals surface area contributed by atoms with Crippen LogP contribution < -0.4 is 5.73 Å². The molecular formula is C9H10INO2S. The molecule has 5 heteroatoms. The number of nitrogens with two attached hydrogens (primary N) is 1. The number of hydrogen-bond donors (Lipinski definition) is 1. The van der Waals surface area contributed by atoms with Crippen LogP contribution in [0.2, 0.25) is 0 Å². The highest BCUT2D eigenvalue weighted by atomic mass is 127. The average Bonchev–Trinajstić information content (AvgIpc) is 2.12. The lowest BCUT2D eigenvalue weighted by Gasteiger charge is -2.22. The van der Waals surface area contributed by atoms with Gasteiger partial charge in [-0.05, 0) is 46.7 Å². The van der Waals surface area contributed by atoms with E-state index in [4.69, 9.17) is 5.73 Å². The van der Waals surface area contributed by atoms with Crippen molar-refractivity contribution in [1.82, 2.24) is 0 Å². The SMILES string of the molecule is N[C@@H]1CCS(=O)(=O)c2cc(I)ccc21. The second-order valence-electron chi connectivity index (χ2n) is 3.40. The number of fused-ring (bicyclic) bond motifs is 1. The van der Waals surface area contributed by atoms with Gasteiger partial charge in [-0.2, -0.15) is 0 Å². The molecule has 0 bridgehead atoms. The second kappa shape index (κ2) is 3.46. The summed E-state index contributed by atoms with van der Waals surface area (Å²) in [6, 6.07) is 5.27. The fourth-order valence-electron chi connectivity index (χ4n) is 1.63. The molecule has 14 heavy (non-hydrogen) atoms. The first-order chi connectivity index (χ1) is 6.50. The van der Waals surface area contributed by atoms with Crippen molar-refractivity contribution in [3.63, 3.8) is 0 Å². The average molecular weight is 323 g/mol. The van der Waals surface area contributed by atoms with Gasteiger partial charge in [0.25, 0.3) is 0 Å². The van der Waals surface area contributed by atoms with Crippen LogP contribution in [0.5, 0.6) is 0 Å². The van der Waals surface area contributed by atoms with Gasteiger partial charge >= 0.3 is 0 Å². The first-order valence-electron chi connectivity index (χ1n) is 4.28. The fraction of sp³-hybridized carbons (Fsp3) is 0.333. The van der Waals surface area contributed by atoms with Crippen LogP contribution >= 0.6 is 22.6 Å². The van der Waals surface area contributed by atoms with Crippen LogP contribution in [0.4, 0.5) is 0 Å². The predicted octanol–water partition coefficient (Wildman–Crippen LogP) is 1.47. The van der Waals surface area contributed by atoms with Crippen LogP contribution in [0.15, 0.2) is 23.1 Å². The molecule has 1 atom stereocenters. The van der Waals surface area contributed by atoms with E-state index in [1.54, 1.807) is 6.07 Å². The quantitative estimate of drug-likeness (QED) is 0.736. The lowest BCUT2D eigenvalue weighted by Crippen LogP contribution is -2.24. The highest BCUT2D eigenvalue weighted by Gasteiger charge is 2.28. The Bertz CT molecular complexity index is 470. The third-order valence-electron chi connectivity index (χ3n) is 2.41. The molecule has 1 aliphatic rings. The molecule has 76 valence electrons. The fourth-order valence-corrected chi connectivity index (χ4v) is 4.00. The maximum atomic E-state index is 11.7. The number of halogens is 1. The summed E-state index contributed by atoms with van der Waals surface area (Å²) in [6.07, 6.45) is 0.524. The summed E-state index contributed by atoms with van der Waals surface area (Å²) in [6.45, 7) is 0. The summed E-state index contributed by atoms with van der Waals surface area (Å²) in [5.41, 5.74) is 6.61. The molecule has 1 aliphatic heterocycles. The van der Waals surface area contributed by atoms with Gasteiger partial charge < -0.3 is 5.73 Å². The molecule has 0 saturated heterocycles. The van der Waals surface area contributed by atoms with E-state index < -0.39 is 9.84 Å². The maximum absolute atomic E-state index is 11.7. The molecule has 2 N–H and O–H groups in total. The zero-order chi connectivity index (χ0) is 10.3. The van der Waals surface area contributed by atoms with Gasteiger partial charge in [-0.1, -0.05) is 6.07 Å². The number of benzene rings is 1. The molecule has 0 aromatic heterocycles. The number of sulfone groups is 1. The van der Waals surface area contributed by atoms with Gasteiger partial charge in [0, 0.05) is 9.61 Å². The van der Waals surface area contributed by atoms with Crippen LogP contribution in [0, 0.1) is 3.57 Å². The van der Waals surface area contributed by atoms with Crippen molar-refractivity contribution in [1.29, 1.82) is 0 Å². The van der Waals surface area contributed by atoms with Gasteiger partial charge in [0.2, 0.25) is 0 Å². The molecule has 0 saturated carbocycles. The van der Waals surface area contributed by atoms with E-state index in [1.807, 2.05) is 12.1 Å². The minimum atomic E-state index is -3.08. The highest BCUT2D eigenvalue weighted by molar-refractivity contribution is 14.1. The first-order valence-corrected chi connectivity index (χ1v) is 7.01. The molecule has 1 aromatic rings. The van der Waals surface area contributed by atoms with Crippen molar-refractivity contribution in [2.45, 2.75) is 17.4 Å². The minimum absolute atomic E-state index is 0.134. The first kappa shape index (κ1) is 10.4. The van der Waals surface area contributed by atoms with Crippen molar-refractivity contribution in [2.24, 2.45) is 5.73 Å². The summed E-state index contributed by atoms with van der Waals surface area (Å²) < 4.78 is 24.4. The molecule has 0 unspecified atom stereocenters. The van der Waals surface area contributed by atoms with Gasteiger partial charge in [0.1, 0.15) is 0 Å². The molecule has 2 rings (SSSR count). The molecule has 1 heterocycles. The predicted molar refractivity (Wildman–Crippen MR) is 62.8 cm³/mol. The standard InChI is InChI=1S/C9H10INO2S/c10-6-1-2-7-8(11)3-4-14(12,13)9(7)5-6/h1-2,5,8H,3-4,11H2/t8-/m1/s1. The van der Waals surface area contributed by atoms with Gasteiger partial charge in [-0.15, -0.1) is 0 Å². The third kappa shape index (κ3) is 1.68. The molecule has 0 amide bonds. The molecular weight excluding hydrogens is 313 g/mol. The molecule has 0 radical (unpaired) electrons. The maximum Gasteiger partial charge on any atom is 0.178 e. The Labute approximate surface area is 96.7 Å². The number of hydrogen-bond acceptors (Lipinski definition) is 3. The Kier molecular flexibility index (Phi) is 2.57. The van der Waals surface area contributed by atoms with Crippen molar-refractivity contribution >= 4 is 32.4 Å². The lowest BCUT2D eigenvalue weighted by atomic mass is 10.1. The Balaban J connectivity index is 2.70. The Morgan fingerprint density at radius 1 is 1.43 bits per heavy atom. The Morgan fingerprint density at radius 3 is 2.86 bits per heavy atom. The summed E-state index contributed by atoms with van der Waals surface area (Å²) in [4.78, 5) is 0.420. The highest BCUT2D eigenvalue weighted by Crippen LogP contribution is 2.31. The van der Waals surface area contributed by atoms with E-state index in [0.717, 1.165) is 9.13 Å². The van der Waals surface area contributed by atoms with Gasteiger partial charge in [-0.25, -0.2) is 8.42 Å². The van der Waals surface area contributed by atoms with Crippen LogP contribution in [-0.4, -0.2) is 14.2 Å². The minimum Gasteiger partial charge on any atom is -0.324 e. The topological polar surface area (TPSA) is 60.2 Å². The summed E-state index contributed by atoms with van der Waals surface area (Å²) in [5.74, 6) is 0.168. The zero-order valence-corrected chi connectivity index (χ0v) is 10.4. The number of rotatable bonds is 0. The van der Waals surface area contributed by atoms with Crippen molar-refractivity contribution in [3.05, 3.63) is 27.3 Å².